The summed E-state index contributed by atoms with van der Waals surface area (Å²) in [6, 6.07) is 18.6. The van der Waals surface area contributed by atoms with Gasteiger partial charge in [0.05, 0.1) is 12.5 Å². The van der Waals surface area contributed by atoms with E-state index in [1.807, 2.05) is 67.6 Å². The van der Waals surface area contributed by atoms with Crippen molar-refractivity contribution in [3.05, 3.63) is 89.0 Å². The molecule has 0 fully saturated rings. The van der Waals surface area contributed by atoms with Crippen molar-refractivity contribution in [2.45, 2.75) is 39.4 Å². The topological polar surface area (TPSA) is 63.4 Å². The van der Waals surface area contributed by atoms with Crippen LogP contribution in [-0.2, 0) is 17.4 Å². The second-order valence-electron chi connectivity index (χ2n) is 7.77. The van der Waals surface area contributed by atoms with E-state index in [1.54, 1.807) is 18.7 Å². The van der Waals surface area contributed by atoms with E-state index < -0.39 is 12.0 Å². The molecule has 0 N–H and O–H groups in total. The molecule has 33 heavy (non-hydrogen) atoms. The van der Waals surface area contributed by atoms with Gasteiger partial charge < -0.3 is 4.90 Å². The van der Waals surface area contributed by atoms with Gasteiger partial charge in [0.25, 0.3) is 11.6 Å². The number of anilines is 1. The minimum Gasteiger partial charge on any atom is -0.305 e. The first-order valence-electron chi connectivity index (χ1n) is 10.4. The Hall–Kier alpha value is -3.75. The molecule has 0 radical (unpaired) electrons. The van der Waals surface area contributed by atoms with Gasteiger partial charge in [-0.25, -0.2) is 9.50 Å². The lowest BCUT2D eigenvalue weighted by Crippen LogP contribution is -2.35. The number of carbonyl (C=O) groups is 1. The largest absolute Gasteiger partial charge is 0.453 e. The Morgan fingerprint density at radius 2 is 1.61 bits per heavy atom. The Morgan fingerprint density at radius 3 is 2.21 bits per heavy atom. The smallest absolute Gasteiger partial charge is 0.305 e. The lowest BCUT2D eigenvalue weighted by atomic mass is 10.0. The Kier molecular flexibility index (Phi) is 5.88. The van der Waals surface area contributed by atoms with Crippen LogP contribution in [0.1, 0.15) is 41.3 Å². The Balaban J connectivity index is 1.74. The summed E-state index contributed by atoms with van der Waals surface area (Å²) in [5.74, 6) is -1.61. The molecule has 0 saturated heterocycles. The molecule has 2 aromatic heterocycles. The van der Waals surface area contributed by atoms with Crippen LogP contribution >= 0.6 is 0 Å². The molecule has 4 aromatic rings. The highest BCUT2D eigenvalue weighted by Crippen LogP contribution is 2.30. The monoisotopic (exact) mass is 453 g/mol. The number of halogens is 3. The van der Waals surface area contributed by atoms with Crippen LogP contribution in [0, 0.1) is 13.8 Å². The summed E-state index contributed by atoms with van der Waals surface area (Å²) in [5, 5.41) is 3.57. The zero-order valence-corrected chi connectivity index (χ0v) is 18.3. The molecular formula is C24H22F3N5O. The maximum absolute atomic E-state index is 13.6. The molecule has 0 aliphatic rings. The lowest BCUT2D eigenvalue weighted by Gasteiger charge is -2.30. The summed E-state index contributed by atoms with van der Waals surface area (Å²) < 4.78 is 40.3. The Bertz CT molecular complexity index is 1290. The maximum atomic E-state index is 13.6. The molecule has 170 valence electrons. The first-order valence-corrected chi connectivity index (χ1v) is 10.4. The number of hydrogen-bond donors (Lipinski definition) is 0. The van der Waals surface area contributed by atoms with Crippen molar-refractivity contribution in [2.75, 3.05) is 4.90 Å². The maximum Gasteiger partial charge on any atom is 0.453 e. The van der Waals surface area contributed by atoms with Crippen molar-refractivity contribution in [1.29, 1.82) is 0 Å². The summed E-state index contributed by atoms with van der Waals surface area (Å²) in [6.45, 7) is 5.21. The van der Waals surface area contributed by atoms with E-state index >= 15 is 0 Å². The van der Waals surface area contributed by atoms with E-state index in [0.29, 0.717) is 17.0 Å². The minimum atomic E-state index is -4.68. The number of alkyl halides is 3. The molecule has 0 unspecified atom stereocenters. The van der Waals surface area contributed by atoms with E-state index in [9.17, 15) is 18.0 Å². The molecule has 0 spiro atoms. The number of amides is 1. The molecule has 0 aliphatic carbocycles. The van der Waals surface area contributed by atoms with Gasteiger partial charge in [-0.05, 0) is 38.5 Å². The number of aromatic nitrogens is 4. The van der Waals surface area contributed by atoms with Crippen LogP contribution < -0.4 is 4.90 Å². The van der Waals surface area contributed by atoms with E-state index in [-0.39, 0.29) is 24.1 Å². The molecule has 0 bridgehead atoms. The number of fused-ring (bicyclic) bond motifs is 1. The van der Waals surface area contributed by atoms with Crippen LogP contribution in [0.5, 0.6) is 0 Å². The molecule has 1 amide bonds. The lowest BCUT2D eigenvalue weighted by molar-refractivity contribution is -0.144. The number of benzene rings is 2. The third-order valence-corrected chi connectivity index (χ3v) is 5.60. The highest BCUT2D eigenvalue weighted by Gasteiger charge is 2.37. The number of aryl methyl sites for hydroxylation is 2. The van der Waals surface area contributed by atoms with Gasteiger partial charge in [-0.2, -0.15) is 18.2 Å². The summed E-state index contributed by atoms with van der Waals surface area (Å²) in [5.41, 5.74) is 3.04. The third-order valence-electron chi connectivity index (χ3n) is 5.60. The quantitative estimate of drug-likeness (QED) is 0.422. The SMILES string of the molecule is Cc1nc2nc(C(F)(F)F)nn2c(C)c1CC(=O)N(c1ccccc1)[C@H](C)c1ccccc1. The summed E-state index contributed by atoms with van der Waals surface area (Å²) in [6.07, 6.45) is -4.73. The first kappa shape index (κ1) is 22.4. The van der Waals surface area contributed by atoms with E-state index in [0.717, 1.165) is 15.8 Å². The third kappa shape index (κ3) is 4.44. The summed E-state index contributed by atoms with van der Waals surface area (Å²) in [7, 11) is 0. The predicted octanol–water partition coefficient (Wildman–Crippen LogP) is 5.10. The van der Waals surface area contributed by atoms with Crippen molar-refractivity contribution in [2.24, 2.45) is 0 Å². The number of nitrogens with zero attached hydrogens (tertiary/aromatic N) is 5. The van der Waals surface area contributed by atoms with Crippen molar-refractivity contribution in [3.8, 4) is 0 Å². The molecular weight excluding hydrogens is 431 g/mol. The van der Waals surface area contributed by atoms with Gasteiger partial charge in [-0.1, -0.05) is 48.5 Å². The van der Waals surface area contributed by atoms with Crippen molar-refractivity contribution in [1.82, 2.24) is 19.6 Å². The Morgan fingerprint density at radius 1 is 1.00 bits per heavy atom. The number of hydrogen-bond acceptors (Lipinski definition) is 4. The van der Waals surface area contributed by atoms with Crippen LogP contribution in [0.2, 0.25) is 0 Å². The molecule has 0 aliphatic heterocycles. The van der Waals surface area contributed by atoms with E-state index in [4.69, 9.17) is 0 Å². The van der Waals surface area contributed by atoms with E-state index in [2.05, 4.69) is 15.1 Å². The highest BCUT2D eigenvalue weighted by atomic mass is 19.4. The van der Waals surface area contributed by atoms with Gasteiger partial charge in [0, 0.05) is 22.6 Å². The molecule has 6 nitrogen and oxygen atoms in total. The van der Waals surface area contributed by atoms with Gasteiger partial charge in [0.1, 0.15) is 0 Å². The minimum absolute atomic E-state index is 0.0477. The van der Waals surface area contributed by atoms with Crippen LogP contribution in [0.15, 0.2) is 60.7 Å². The highest BCUT2D eigenvalue weighted by molar-refractivity contribution is 5.95. The predicted molar refractivity (Wildman–Crippen MR) is 118 cm³/mol. The van der Waals surface area contributed by atoms with Crippen molar-refractivity contribution < 1.29 is 18.0 Å². The molecule has 0 saturated carbocycles. The number of rotatable bonds is 5. The average molecular weight is 453 g/mol. The first-order chi connectivity index (χ1) is 15.7. The van der Waals surface area contributed by atoms with Gasteiger partial charge >= 0.3 is 6.18 Å². The zero-order valence-electron chi connectivity index (χ0n) is 18.3. The number of carbonyl (C=O) groups excluding carboxylic acids is 1. The Labute approximate surface area is 188 Å². The standard InChI is InChI=1S/C24H22F3N5O/c1-15-20(17(3)32-23(28-15)29-22(30-32)24(25,26)27)14-21(33)31(19-12-8-5-9-13-19)16(2)18-10-6-4-7-11-18/h4-13,16H,14H2,1-3H3/t16-/m1/s1. The normalized spacial score (nSPS) is 12.7. The zero-order chi connectivity index (χ0) is 23.8. The van der Waals surface area contributed by atoms with Crippen LogP contribution in [0.3, 0.4) is 0 Å². The van der Waals surface area contributed by atoms with Gasteiger partial charge in [0.15, 0.2) is 0 Å². The fraction of sp³-hybridized carbons (Fsp3) is 0.250. The van der Waals surface area contributed by atoms with Crippen molar-refractivity contribution in [3.63, 3.8) is 0 Å². The van der Waals surface area contributed by atoms with Crippen LogP contribution in [0.4, 0.5) is 18.9 Å². The average Bonchev–Trinajstić information content (AvgIpc) is 3.23. The summed E-state index contributed by atoms with van der Waals surface area (Å²) >= 11 is 0. The van der Waals surface area contributed by atoms with Crippen molar-refractivity contribution >= 4 is 17.4 Å². The second kappa shape index (κ2) is 8.65. The molecule has 2 aromatic carbocycles. The van der Waals surface area contributed by atoms with Crippen LogP contribution in [0.25, 0.3) is 5.78 Å². The second-order valence-corrected chi connectivity index (χ2v) is 7.77. The number of para-hydroxylation sites is 1. The fourth-order valence-electron chi connectivity index (χ4n) is 3.87. The van der Waals surface area contributed by atoms with Crippen LogP contribution in [-0.4, -0.2) is 25.5 Å². The van der Waals surface area contributed by atoms with Gasteiger partial charge in [-0.15, -0.1) is 5.10 Å². The van der Waals surface area contributed by atoms with Gasteiger partial charge in [0.2, 0.25) is 5.91 Å². The van der Waals surface area contributed by atoms with E-state index in [1.165, 1.54) is 0 Å². The molecule has 9 heteroatoms. The molecule has 4 rings (SSSR count). The van der Waals surface area contributed by atoms with Gasteiger partial charge in [-0.3, -0.25) is 4.79 Å². The molecule has 1 atom stereocenters. The summed E-state index contributed by atoms with van der Waals surface area (Å²) in [4.78, 5) is 23.0. The molecule has 2 heterocycles. The fourth-order valence-corrected chi connectivity index (χ4v) is 3.87.